The van der Waals surface area contributed by atoms with Gasteiger partial charge in [-0.2, -0.15) is 0 Å². The Bertz CT molecular complexity index is 859. The molecule has 0 radical (unpaired) electrons. The lowest BCUT2D eigenvalue weighted by Gasteiger charge is -2.23. The van der Waals surface area contributed by atoms with Crippen molar-refractivity contribution in [2.45, 2.75) is 38.2 Å². The molecule has 0 unspecified atom stereocenters. The SMILES string of the molecule is C[C@](O)(CNC(=O)c1cnc(OCC2CC2)c(-c2ccc(F)cc2)c1)C1CC1. The van der Waals surface area contributed by atoms with E-state index in [0.29, 0.717) is 29.5 Å². The number of benzene rings is 1. The van der Waals surface area contributed by atoms with Crippen LogP contribution >= 0.6 is 0 Å². The van der Waals surface area contributed by atoms with E-state index in [-0.39, 0.29) is 24.2 Å². The highest BCUT2D eigenvalue weighted by Gasteiger charge is 2.40. The maximum absolute atomic E-state index is 13.3. The van der Waals surface area contributed by atoms with Gasteiger partial charge in [0.1, 0.15) is 5.82 Å². The number of pyridine rings is 1. The van der Waals surface area contributed by atoms with Gasteiger partial charge in [0.05, 0.1) is 17.8 Å². The second kappa shape index (κ2) is 7.51. The van der Waals surface area contributed by atoms with E-state index >= 15 is 0 Å². The number of aliphatic hydroxyl groups is 1. The van der Waals surface area contributed by atoms with Crippen molar-refractivity contribution >= 4 is 5.91 Å². The molecule has 0 spiro atoms. The van der Waals surface area contributed by atoms with Crippen LogP contribution in [-0.2, 0) is 0 Å². The van der Waals surface area contributed by atoms with E-state index in [4.69, 9.17) is 4.74 Å². The molecule has 2 aromatic rings. The minimum atomic E-state index is -0.893. The van der Waals surface area contributed by atoms with Crippen LogP contribution in [-0.4, -0.2) is 34.8 Å². The van der Waals surface area contributed by atoms with Crippen LogP contribution in [0.5, 0.6) is 5.88 Å². The fourth-order valence-electron chi connectivity index (χ4n) is 3.22. The van der Waals surface area contributed by atoms with Gasteiger partial charge < -0.3 is 15.2 Å². The average Bonchev–Trinajstić information content (AvgIpc) is 3.57. The average molecular weight is 384 g/mol. The summed E-state index contributed by atoms with van der Waals surface area (Å²) in [6.45, 7) is 2.54. The Morgan fingerprint density at radius 3 is 2.64 bits per heavy atom. The van der Waals surface area contributed by atoms with E-state index in [1.807, 2.05) is 0 Å². The first-order chi connectivity index (χ1) is 13.4. The molecule has 28 heavy (non-hydrogen) atoms. The fourth-order valence-corrected chi connectivity index (χ4v) is 3.22. The third-order valence-corrected chi connectivity index (χ3v) is 5.48. The van der Waals surface area contributed by atoms with Gasteiger partial charge in [0.25, 0.3) is 5.91 Å². The number of aromatic nitrogens is 1. The molecule has 1 amide bonds. The van der Waals surface area contributed by atoms with Crippen LogP contribution in [0.1, 0.15) is 43.0 Å². The number of rotatable bonds is 8. The van der Waals surface area contributed by atoms with Crippen molar-refractivity contribution in [1.29, 1.82) is 0 Å². The highest BCUT2D eigenvalue weighted by molar-refractivity contribution is 5.95. The van der Waals surface area contributed by atoms with Crippen molar-refractivity contribution in [3.63, 3.8) is 0 Å². The van der Waals surface area contributed by atoms with Crippen LogP contribution in [0.15, 0.2) is 36.5 Å². The molecular weight excluding hydrogens is 359 g/mol. The number of carbonyl (C=O) groups is 1. The zero-order valence-electron chi connectivity index (χ0n) is 16.0. The number of amides is 1. The first kappa shape index (κ1) is 18.9. The first-order valence-corrected chi connectivity index (χ1v) is 9.82. The number of nitrogens with zero attached hydrogens (tertiary/aromatic N) is 1. The maximum atomic E-state index is 13.3. The highest BCUT2D eigenvalue weighted by Crippen LogP contribution is 2.39. The molecule has 6 heteroatoms. The van der Waals surface area contributed by atoms with Crippen molar-refractivity contribution in [3.05, 3.63) is 47.9 Å². The summed E-state index contributed by atoms with van der Waals surface area (Å²) in [5.74, 6) is 0.633. The molecule has 0 aliphatic heterocycles. The topological polar surface area (TPSA) is 71.5 Å². The first-order valence-electron chi connectivity index (χ1n) is 9.82. The largest absolute Gasteiger partial charge is 0.477 e. The lowest BCUT2D eigenvalue weighted by Crippen LogP contribution is -2.42. The third-order valence-electron chi connectivity index (χ3n) is 5.48. The lowest BCUT2D eigenvalue weighted by molar-refractivity contribution is 0.0354. The van der Waals surface area contributed by atoms with Crippen molar-refractivity contribution in [1.82, 2.24) is 10.3 Å². The Balaban J connectivity index is 1.54. The summed E-state index contributed by atoms with van der Waals surface area (Å²) in [5, 5.41) is 13.2. The fraction of sp³-hybridized carbons (Fsp3) is 0.455. The van der Waals surface area contributed by atoms with Crippen molar-refractivity contribution in [2.75, 3.05) is 13.2 Å². The van der Waals surface area contributed by atoms with E-state index in [1.54, 1.807) is 25.1 Å². The molecule has 1 aromatic heterocycles. The van der Waals surface area contributed by atoms with E-state index in [0.717, 1.165) is 31.2 Å². The predicted molar refractivity (Wildman–Crippen MR) is 104 cm³/mol. The van der Waals surface area contributed by atoms with Crippen molar-refractivity contribution in [2.24, 2.45) is 11.8 Å². The van der Waals surface area contributed by atoms with Gasteiger partial charge in [-0.25, -0.2) is 9.37 Å². The van der Waals surface area contributed by atoms with Gasteiger partial charge in [0.15, 0.2) is 0 Å². The van der Waals surface area contributed by atoms with E-state index in [1.165, 1.54) is 18.3 Å². The minimum Gasteiger partial charge on any atom is -0.477 e. The second-order valence-corrected chi connectivity index (χ2v) is 8.15. The molecular formula is C22H25FN2O3. The van der Waals surface area contributed by atoms with Gasteiger partial charge in [-0.3, -0.25) is 4.79 Å². The second-order valence-electron chi connectivity index (χ2n) is 8.15. The number of carbonyl (C=O) groups excluding carboxylic acids is 1. The number of ether oxygens (including phenoxy) is 1. The van der Waals surface area contributed by atoms with Gasteiger partial charge in [-0.1, -0.05) is 12.1 Å². The van der Waals surface area contributed by atoms with Crippen LogP contribution in [0.25, 0.3) is 11.1 Å². The Kier molecular flexibility index (Phi) is 5.06. The molecule has 2 aliphatic rings. The van der Waals surface area contributed by atoms with E-state index in [2.05, 4.69) is 10.3 Å². The molecule has 2 N–H and O–H groups in total. The van der Waals surface area contributed by atoms with Gasteiger partial charge >= 0.3 is 0 Å². The standard InChI is InChI=1S/C22H25FN2O3/c1-22(27,17-6-7-17)13-25-20(26)16-10-19(15-4-8-18(23)9-5-15)21(24-11-16)28-12-14-2-3-14/h4-5,8-11,14,17,27H,2-3,6-7,12-13H2,1H3,(H,25,26)/t22-/m0/s1. The normalized spacial score (nSPS) is 18.4. The molecule has 2 fully saturated rings. The molecule has 4 rings (SSSR count). The number of halogens is 1. The van der Waals surface area contributed by atoms with Crippen LogP contribution in [0.2, 0.25) is 0 Å². The Hall–Kier alpha value is -2.47. The van der Waals surface area contributed by atoms with Crippen LogP contribution in [0.4, 0.5) is 4.39 Å². The minimum absolute atomic E-state index is 0.197. The number of hydrogen-bond donors (Lipinski definition) is 2. The van der Waals surface area contributed by atoms with Crippen LogP contribution < -0.4 is 10.1 Å². The van der Waals surface area contributed by atoms with Crippen molar-refractivity contribution < 1.29 is 19.0 Å². The number of hydrogen-bond acceptors (Lipinski definition) is 4. The Morgan fingerprint density at radius 1 is 1.29 bits per heavy atom. The summed E-state index contributed by atoms with van der Waals surface area (Å²) >= 11 is 0. The van der Waals surface area contributed by atoms with Crippen LogP contribution in [0, 0.1) is 17.7 Å². The maximum Gasteiger partial charge on any atom is 0.252 e. The molecule has 2 saturated carbocycles. The van der Waals surface area contributed by atoms with Gasteiger partial charge in [0.2, 0.25) is 5.88 Å². The monoisotopic (exact) mass is 384 g/mol. The Labute approximate surface area is 163 Å². The lowest BCUT2D eigenvalue weighted by atomic mass is 10.0. The molecule has 148 valence electrons. The van der Waals surface area contributed by atoms with Gasteiger partial charge in [0, 0.05) is 18.3 Å². The van der Waals surface area contributed by atoms with Gasteiger partial charge in [-0.05, 0) is 68.2 Å². The summed E-state index contributed by atoms with van der Waals surface area (Å²) in [7, 11) is 0. The van der Waals surface area contributed by atoms with E-state index < -0.39 is 5.60 Å². The summed E-state index contributed by atoms with van der Waals surface area (Å²) in [4.78, 5) is 16.9. The van der Waals surface area contributed by atoms with Crippen LogP contribution in [0.3, 0.4) is 0 Å². The highest BCUT2D eigenvalue weighted by atomic mass is 19.1. The molecule has 5 nitrogen and oxygen atoms in total. The zero-order valence-corrected chi connectivity index (χ0v) is 16.0. The molecule has 2 aliphatic carbocycles. The third kappa shape index (κ3) is 4.50. The summed E-state index contributed by atoms with van der Waals surface area (Å²) in [6, 6.07) is 7.76. The quantitative estimate of drug-likeness (QED) is 0.730. The Morgan fingerprint density at radius 2 is 2.00 bits per heavy atom. The van der Waals surface area contributed by atoms with Crippen molar-refractivity contribution in [3.8, 4) is 17.0 Å². The molecule has 1 heterocycles. The smallest absolute Gasteiger partial charge is 0.252 e. The summed E-state index contributed by atoms with van der Waals surface area (Å²) in [6.07, 6.45) is 5.79. The molecule has 0 saturated heterocycles. The van der Waals surface area contributed by atoms with E-state index in [9.17, 15) is 14.3 Å². The molecule has 0 bridgehead atoms. The van der Waals surface area contributed by atoms with Gasteiger partial charge in [-0.15, -0.1) is 0 Å². The summed E-state index contributed by atoms with van der Waals surface area (Å²) in [5.41, 5.74) is 0.877. The molecule has 1 atom stereocenters. The zero-order chi connectivity index (χ0) is 19.7. The molecule has 1 aromatic carbocycles. The number of nitrogens with one attached hydrogen (secondary N) is 1. The predicted octanol–water partition coefficient (Wildman–Crippen LogP) is 3.57. The summed E-state index contributed by atoms with van der Waals surface area (Å²) < 4.78 is 19.2.